The molecule has 2 fully saturated rings. The summed E-state index contributed by atoms with van der Waals surface area (Å²) in [6.45, 7) is 1.70. The number of carbonyl (C=O) groups is 1. The van der Waals surface area contributed by atoms with E-state index in [0.29, 0.717) is 26.2 Å². The van der Waals surface area contributed by atoms with E-state index in [9.17, 15) is 9.90 Å². The second-order valence-corrected chi connectivity index (χ2v) is 6.07. The molecule has 1 aliphatic carbocycles. The molecule has 3 rings (SSSR count). The summed E-state index contributed by atoms with van der Waals surface area (Å²) in [5.41, 5.74) is 0.743. The first-order chi connectivity index (χ1) is 10.7. The fourth-order valence-corrected chi connectivity index (χ4v) is 3.38. The average Bonchev–Trinajstić information content (AvgIpc) is 2.56. The fraction of sp³-hybridized carbons (Fsp3) is 0.625. The number of rotatable bonds is 5. The summed E-state index contributed by atoms with van der Waals surface area (Å²) in [5, 5.41) is 13.1. The number of pyridine rings is 1. The van der Waals surface area contributed by atoms with Crippen molar-refractivity contribution in [1.82, 2.24) is 10.3 Å². The van der Waals surface area contributed by atoms with Crippen LogP contribution in [0.1, 0.15) is 24.8 Å². The molecule has 1 aromatic heterocycles. The number of hydrogen-bond acceptors (Lipinski definition) is 5. The molecule has 6 nitrogen and oxygen atoms in total. The van der Waals surface area contributed by atoms with E-state index in [2.05, 4.69) is 10.3 Å². The van der Waals surface area contributed by atoms with Gasteiger partial charge in [-0.1, -0.05) is 6.07 Å². The van der Waals surface area contributed by atoms with Crippen molar-refractivity contribution >= 4 is 5.91 Å². The van der Waals surface area contributed by atoms with E-state index in [0.717, 1.165) is 18.4 Å². The lowest BCUT2D eigenvalue weighted by Gasteiger charge is -2.55. The van der Waals surface area contributed by atoms with Crippen molar-refractivity contribution in [3.05, 3.63) is 30.1 Å². The van der Waals surface area contributed by atoms with Crippen LogP contribution in [-0.2, 0) is 20.9 Å². The molecule has 0 unspecified atom stereocenters. The van der Waals surface area contributed by atoms with Gasteiger partial charge >= 0.3 is 0 Å². The van der Waals surface area contributed by atoms with Gasteiger partial charge < -0.3 is 19.9 Å². The van der Waals surface area contributed by atoms with Crippen LogP contribution in [0.25, 0.3) is 0 Å². The van der Waals surface area contributed by atoms with E-state index in [-0.39, 0.29) is 30.1 Å². The van der Waals surface area contributed by atoms with Gasteiger partial charge in [0.15, 0.2) is 0 Å². The first kappa shape index (κ1) is 15.4. The van der Waals surface area contributed by atoms with E-state index in [4.69, 9.17) is 9.47 Å². The molecule has 1 aromatic rings. The average molecular weight is 306 g/mol. The van der Waals surface area contributed by atoms with Crippen LogP contribution in [0.15, 0.2) is 24.5 Å². The highest BCUT2D eigenvalue weighted by atomic mass is 16.5. The molecule has 1 amide bonds. The minimum absolute atomic E-state index is 0.0219. The number of aliphatic hydroxyl groups excluding tert-OH is 1. The topological polar surface area (TPSA) is 80.7 Å². The van der Waals surface area contributed by atoms with Crippen molar-refractivity contribution in [2.45, 2.75) is 38.0 Å². The van der Waals surface area contributed by atoms with Gasteiger partial charge in [-0.2, -0.15) is 0 Å². The Bertz CT molecular complexity index is 502. The van der Waals surface area contributed by atoms with Crippen LogP contribution in [0, 0.1) is 5.41 Å². The highest BCUT2D eigenvalue weighted by Crippen LogP contribution is 2.48. The second-order valence-electron chi connectivity index (χ2n) is 6.07. The minimum Gasteiger partial charge on any atom is -0.392 e. The number of nitrogens with zero attached hydrogens (tertiary/aromatic N) is 1. The smallest absolute Gasteiger partial charge is 0.246 e. The molecule has 1 spiro atoms. The molecule has 2 atom stereocenters. The first-order valence-corrected chi connectivity index (χ1v) is 7.72. The van der Waals surface area contributed by atoms with Crippen molar-refractivity contribution in [2.75, 3.05) is 19.8 Å². The van der Waals surface area contributed by atoms with E-state index < -0.39 is 0 Å². The lowest BCUT2D eigenvalue weighted by atomic mass is 9.58. The maximum Gasteiger partial charge on any atom is 0.246 e. The SMILES string of the molecule is O=C(COCc1cccnc1)N[C@@H]1C[C@@H](O)C12CCOCC2. The number of amides is 1. The van der Waals surface area contributed by atoms with Gasteiger partial charge in [0.25, 0.3) is 0 Å². The number of aliphatic hydroxyl groups is 1. The van der Waals surface area contributed by atoms with Gasteiger partial charge in [-0.3, -0.25) is 9.78 Å². The van der Waals surface area contributed by atoms with Crippen molar-refractivity contribution in [3.8, 4) is 0 Å². The van der Waals surface area contributed by atoms with Crippen LogP contribution in [0.4, 0.5) is 0 Å². The molecule has 2 N–H and O–H groups in total. The summed E-state index contributed by atoms with van der Waals surface area (Å²) in [5.74, 6) is -0.133. The van der Waals surface area contributed by atoms with Gasteiger partial charge in [-0.15, -0.1) is 0 Å². The second kappa shape index (κ2) is 6.73. The zero-order chi connectivity index (χ0) is 15.4. The summed E-state index contributed by atoms with van der Waals surface area (Å²) in [6.07, 6.45) is 5.31. The molecule has 0 radical (unpaired) electrons. The Labute approximate surface area is 129 Å². The van der Waals surface area contributed by atoms with Crippen LogP contribution < -0.4 is 5.32 Å². The van der Waals surface area contributed by atoms with Crippen LogP contribution in [0.5, 0.6) is 0 Å². The predicted octanol–water partition coefficient (Wildman–Crippen LogP) is 0.644. The third-order valence-electron chi connectivity index (χ3n) is 4.80. The highest BCUT2D eigenvalue weighted by molar-refractivity contribution is 5.77. The molecule has 0 bridgehead atoms. The van der Waals surface area contributed by atoms with Gasteiger partial charge in [0.05, 0.1) is 12.7 Å². The lowest BCUT2D eigenvalue weighted by molar-refractivity contribution is -0.157. The molecule has 1 aliphatic heterocycles. The monoisotopic (exact) mass is 306 g/mol. The van der Waals surface area contributed by atoms with Gasteiger partial charge in [-0.05, 0) is 30.9 Å². The van der Waals surface area contributed by atoms with E-state index >= 15 is 0 Å². The van der Waals surface area contributed by atoms with Crippen molar-refractivity contribution in [1.29, 1.82) is 0 Å². The van der Waals surface area contributed by atoms with Crippen LogP contribution in [-0.4, -0.2) is 48.0 Å². The van der Waals surface area contributed by atoms with Crippen molar-refractivity contribution < 1.29 is 19.4 Å². The predicted molar refractivity (Wildman–Crippen MR) is 78.9 cm³/mol. The molecule has 2 heterocycles. The summed E-state index contributed by atoms with van der Waals surface area (Å²) in [6, 6.07) is 3.77. The molecule has 6 heteroatoms. The quantitative estimate of drug-likeness (QED) is 0.834. The maximum atomic E-state index is 12.0. The van der Waals surface area contributed by atoms with E-state index in [1.165, 1.54) is 0 Å². The number of carbonyl (C=O) groups excluding carboxylic acids is 1. The van der Waals surface area contributed by atoms with Crippen LogP contribution in [0.2, 0.25) is 0 Å². The number of nitrogens with one attached hydrogen (secondary N) is 1. The molecule has 0 aromatic carbocycles. The summed E-state index contributed by atoms with van der Waals surface area (Å²) in [4.78, 5) is 16.0. The minimum atomic E-state index is -0.335. The van der Waals surface area contributed by atoms with Gasteiger partial charge in [0, 0.05) is 37.1 Å². The maximum absolute atomic E-state index is 12.0. The molecule has 1 saturated heterocycles. The van der Waals surface area contributed by atoms with Gasteiger partial charge in [0.1, 0.15) is 6.61 Å². The van der Waals surface area contributed by atoms with Crippen LogP contribution in [0.3, 0.4) is 0 Å². The van der Waals surface area contributed by atoms with E-state index in [1.807, 2.05) is 12.1 Å². The van der Waals surface area contributed by atoms with Crippen molar-refractivity contribution in [2.24, 2.45) is 5.41 Å². The Hall–Kier alpha value is -1.50. The fourth-order valence-electron chi connectivity index (χ4n) is 3.38. The number of ether oxygens (including phenoxy) is 2. The van der Waals surface area contributed by atoms with Crippen LogP contribution >= 0.6 is 0 Å². The van der Waals surface area contributed by atoms with E-state index in [1.54, 1.807) is 12.4 Å². The standard InChI is InChI=1S/C16H22N2O4/c19-14-8-13(16(14)3-6-21-7-4-16)18-15(20)11-22-10-12-2-1-5-17-9-12/h1-2,5,9,13-14,19H,3-4,6-8,10-11H2,(H,18,20)/t13-,14-/m1/s1. The van der Waals surface area contributed by atoms with Gasteiger partial charge in [-0.25, -0.2) is 0 Å². The molecular formula is C16H22N2O4. The lowest BCUT2D eigenvalue weighted by Crippen LogP contribution is -2.66. The summed E-state index contributed by atoms with van der Waals surface area (Å²) >= 11 is 0. The Morgan fingerprint density at radius 2 is 2.32 bits per heavy atom. The molecule has 22 heavy (non-hydrogen) atoms. The Kier molecular flexibility index (Phi) is 4.71. The Morgan fingerprint density at radius 3 is 3.00 bits per heavy atom. The normalized spacial score (nSPS) is 26.4. The van der Waals surface area contributed by atoms with Gasteiger partial charge in [0.2, 0.25) is 5.91 Å². The number of aromatic nitrogens is 1. The third-order valence-corrected chi connectivity index (χ3v) is 4.80. The Balaban J connectivity index is 1.44. The first-order valence-electron chi connectivity index (χ1n) is 7.72. The third kappa shape index (κ3) is 3.14. The summed E-state index contributed by atoms with van der Waals surface area (Å²) < 4.78 is 10.8. The zero-order valence-corrected chi connectivity index (χ0v) is 12.5. The largest absolute Gasteiger partial charge is 0.392 e. The van der Waals surface area contributed by atoms with Crippen molar-refractivity contribution in [3.63, 3.8) is 0 Å². The molecule has 2 aliphatic rings. The zero-order valence-electron chi connectivity index (χ0n) is 12.5. The molecular weight excluding hydrogens is 284 g/mol. The summed E-state index contributed by atoms with van der Waals surface area (Å²) in [7, 11) is 0. The Morgan fingerprint density at radius 1 is 1.50 bits per heavy atom. The molecule has 120 valence electrons. The molecule has 1 saturated carbocycles. The number of hydrogen-bond donors (Lipinski definition) is 2. The highest BCUT2D eigenvalue weighted by Gasteiger charge is 2.55.